The highest BCUT2D eigenvalue weighted by Gasteiger charge is 2.30. The number of hydrogen-bond acceptors (Lipinski definition) is 3. The van der Waals surface area contributed by atoms with Gasteiger partial charge in [0.15, 0.2) is 0 Å². The molecule has 156 valence electrons. The molecule has 30 heavy (non-hydrogen) atoms. The van der Waals surface area contributed by atoms with E-state index in [0.29, 0.717) is 22.8 Å². The third-order valence-electron chi connectivity index (χ3n) is 6.03. The summed E-state index contributed by atoms with van der Waals surface area (Å²) in [5, 5.41) is 9.44. The Morgan fingerprint density at radius 2 is 1.83 bits per heavy atom. The van der Waals surface area contributed by atoms with Gasteiger partial charge in [0.2, 0.25) is 5.43 Å². The maximum atomic E-state index is 15.0. The number of hydrogen-bond donors (Lipinski definition) is 1. The first-order chi connectivity index (χ1) is 14.3. The molecular formula is C23H22F2N2O3. The first-order valence-corrected chi connectivity index (χ1v) is 9.80. The Labute approximate surface area is 172 Å². The molecule has 1 N–H and O–H groups in total. The van der Waals surface area contributed by atoms with Gasteiger partial charge in [0, 0.05) is 23.3 Å². The van der Waals surface area contributed by atoms with Crippen molar-refractivity contribution in [1.82, 2.24) is 9.47 Å². The van der Waals surface area contributed by atoms with Crippen molar-refractivity contribution in [3.8, 4) is 5.69 Å². The zero-order valence-corrected chi connectivity index (χ0v) is 16.7. The number of rotatable bonds is 4. The van der Waals surface area contributed by atoms with Crippen molar-refractivity contribution in [3.05, 3.63) is 75.6 Å². The normalized spacial score (nSPS) is 19.0. The SMILES string of the molecule is CN(C)C1CCC(c2cc3c(cc2F)c(=O)c(C(=O)O)cn3-c2ccc(F)cc2)C1. The predicted molar refractivity (Wildman–Crippen MR) is 110 cm³/mol. The standard InChI is InChI=1S/C23H22F2N2O3/c1-26(2)16-6-3-13(9-16)17-11-21-18(10-20(17)25)22(28)19(23(29)30)12-27(21)15-7-4-14(24)5-8-15/h4-5,7-8,10-13,16H,3,6,9H2,1-2H3,(H,29,30). The minimum absolute atomic E-state index is 0.0115. The maximum absolute atomic E-state index is 15.0. The number of benzene rings is 2. The van der Waals surface area contributed by atoms with Gasteiger partial charge in [-0.3, -0.25) is 4.79 Å². The number of fused-ring (bicyclic) bond motifs is 1. The molecule has 1 aliphatic rings. The summed E-state index contributed by atoms with van der Waals surface area (Å²) in [5.41, 5.74) is 0.206. The number of aromatic carboxylic acids is 1. The molecule has 2 unspecified atom stereocenters. The third-order valence-corrected chi connectivity index (χ3v) is 6.03. The van der Waals surface area contributed by atoms with E-state index >= 15 is 4.39 Å². The smallest absolute Gasteiger partial charge is 0.341 e. The Kier molecular flexibility index (Phi) is 5.15. The lowest BCUT2D eigenvalue weighted by atomic mass is 9.94. The van der Waals surface area contributed by atoms with Crippen LogP contribution in [-0.2, 0) is 0 Å². The summed E-state index contributed by atoms with van der Waals surface area (Å²) in [6.07, 6.45) is 3.82. The number of nitrogens with zero attached hydrogens (tertiary/aromatic N) is 2. The van der Waals surface area contributed by atoms with Gasteiger partial charge in [-0.25, -0.2) is 13.6 Å². The van der Waals surface area contributed by atoms with Gasteiger partial charge < -0.3 is 14.6 Å². The molecule has 0 bridgehead atoms. The van der Waals surface area contributed by atoms with Crippen LogP contribution in [-0.4, -0.2) is 40.7 Å². The lowest BCUT2D eigenvalue weighted by molar-refractivity contribution is 0.0695. The molecule has 1 heterocycles. The van der Waals surface area contributed by atoms with Crippen molar-refractivity contribution in [2.75, 3.05) is 14.1 Å². The minimum atomic E-state index is -1.40. The zero-order valence-electron chi connectivity index (χ0n) is 16.7. The fraction of sp³-hybridized carbons (Fsp3) is 0.304. The summed E-state index contributed by atoms with van der Waals surface area (Å²) in [6.45, 7) is 0. The largest absolute Gasteiger partial charge is 0.477 e. The highest BCUT2D eigenvalue weighted by Crippen LogP contribution is 2.38. The predicted octanol–water partition coefficient (Wildman–Crippen LogP) is 4.16. The van der Waals surface area contributed by atoms with Crippen LogP contribution in [0.15, 0.2) is 47.4 Å². The molecule has 1 saturated carbocycles. The van der Waals surface area contributed by atoms with Gasteiger partial charge in [0.25, 0.3) is 0 Å². The van der Waals surface area contributed by atoms with Crippen LogP contribution in [0.3, 0.4) is 0 Å². The quantitative estimate of drug-likeness (QED) is 0.699. The molecule has 3 aromatic rings. The Morgan fingerprint density at radius 3 is 2.43 bits per heavy atom. The Balaban J connectivity index is 1.94. The topological polar surface area (TPSA) is 62.5 Å². The van der Waals surface area contributed by atoms with E-state index in [1.165, 1.54) is 35.0 Å². The van der Waals surface area contributed by atoms with Crippen molar-refractivity contribution in [3.63, 3.8) is 0 Å². The molecule has 1 fully saturated rings. The van der Waals surface area contributed by atoms with E-state index < -0.39 is 28.6 Å². The lowest BCUT2D eigenvalue weighted by Gasteiger charge is -2.20. The van der Waals surface area contributed by atoms with Gasteiger partial charge in [-0.2, -0.15) is 0 Å². The highest BCUT2D eigenvalue weighted by atomic mass is 19.1. The fourth-order valence-electron chi connectivity index (χ4n) is 4.35. The van der Waals surface area contributed by atoms with Crippen LogP contribution in [0.2, 0.25) is 0 Å². The minimum Gasteiger partial charge on any atom is -0.477 e. The molecular weight excluding hydrogens is 390 g/mol. The summed E-state index contributed by atoms with van der Waals surface area (Å²) >= 11 is 0. The Bertz CT molecular complexity index is 1190. The van der Waals surface area contributed by atoms with Crippen LogP contribution in [0, 0.1) is 11.6 Å². The number of aromatic nitrogens is 1. The van der Waals surface area contributed by atoms with Gasteiger partial charge >= 0.3 is 5.97 Å². The van der Waals surface area contributed by atoms with Gasteiger partial charge in [-0.15, -0.1) is 0 Å². The monoisotopic (exact) mass is 412 g/mol. The lowest BCUT2D eigenvalue weighted by Crippen LogP contribution is -2.24. The van der Waals surface area contributed by atoms with Crippen molar-refractivity contribution < 1.29 is 18.7 Å². The van der Waals surface area contributed by atoms with Gasteiger partial charge in [-0.05, 0) is 81.2 Å². The van der Waals surface area contributed by atoms with Gasteiger partial charge in [0.05, 0.1) is 5.52 Å². The molecule has 0 radical (unpaired) electrons. The van der Waals surface area contributed by atoms with Crippen LogP contribution in [0.5, 0.6) is 0 Å². The van der Waals surface area contributed by atoms with E-state index in [-0.39, 0.29) is 11.3 Å². The second-order valence-electron chi connectivity index (χ2n) is 8.04. The number of carboxylic acid groups (broad SMARTS) is 1. The molecule has 0 aliphatic heterocycles. The zero-order chi connectivity index (χ0) is 21.6. The molecule has 7 heteroatoms. The molecule has 2 atom stereocenters. The molecule has 0 spiro atoms. The molecule has 5 nitrogen and oxygen atoms in total. The molecule has 1 aliphatic carbocycles. The van der Waals surface area contributed by atoms with Crippen molar-refractivity contribution >= 4 is 16.9 Å². The van der Waals surface area contributed by atoms with E-state index in [1.54, 1.807) is 6.07 Å². The van der Waals surface area contributed by atoms with Crippen LogP contribution >= 0.6 is 0 Å². The first kappa shape index (κ1) is 20.2. The summed E-state index contributed by atoms with van der Waals surface area (Å²) < 4.78 is 30.0. The van der Waals surface area contributed by atoms with Crippen LogP contribution < -0.4 is 5.43 Å². The second kappa shape index (κ2) is 7.65. The van der Waals surface area contributed by atoms with E-state index in [1.807, 2.05) is 14.1 Å². The first-order valence-electron chi connectivity index (χ1n) is 9.80. The van der Waals surface area contributed by atoms with Crippen molar-refractivity contribution in [2.24, 2.45) is 0 Å². The van der Waals surface area contributed by atoms with Crippen LogP contribution in [0.25, 0.3) is 16.6 Å². The van der Waals surface area contributed by atoms with Crippen molar-refractivity contribution in [2.45, 2.75) is 31.2 Å². The Hall–Kier alpha value is -3.06. The third kappa shape index (κ3) is 3.50. The fourth-order valence-corrected chi connectivity index (χ4v) is 4.35. The average Bonchev–Trinajstić information content (AvgIpc) is 3.19. The number of halogens is 2. The van der Waals surface area contributed by atoms with E-state index in [2.05, 4.69) is 4.90 Å². The Morgan fingerprint density at radius 1 is 1.13 bits per heavy atom. The van der Waals surface area contributed by atoms with Crippen LogP contribution in [0.1, 0.15) is 41.1 Å². The van der Waals surface area contributed by atoms with E-state index in [0.717, 1.165) is 25.3 Å². The average molecular weight is 412 g/mol. The molecule has 0 saturated heterocycles. The summed E-state index contributed by atoms with van der Waals surface area (Å²) in [6, 6.07) is 8.63. The number of carbonyl (C=O) groups is 1. The van der Waals surface area contributed by atoms with Gasteiger partial charge in [-0.1, -0.05) is 0 Å². The molecule has 2 aromatic carbocycles. The summed E-state index contributed by atoms with van der Waals surface area (Å²) in [7, 11) is 4.01. The van der Waals surface area contributed by atoms with E-state index in [4.69, 9.17) is 0 Å². The maximum Gasteiger partial charge on any atom is 0.341 e. The van der Waals surface area contributed by atoms with Gasteiger partial charge in [0.1, 0.15) is 17.2 Å². The summed E-state index contributed by atoms with van der Waals surface area (Å²) in [4.78, 5) is 26.4. The van der Waals surface area contributed by atoms with Crippen LogP contribution in [0.4, 0.5) is 8.78 Å². The number of pyridine rings is 1. The highest BCUT2D eigenvalue weighted by molar-refractivity contribution is 5.93. The molecule has 4 rings (SSSR count). The summed E-state index contributed by atoms with van der Waals surface area (Å²) in [5.74, 6) is -2.32. The van der Waals surface area contributed by atoms with E-state index in [9.17, 15) is 19.1 Å². The molecule has 1 aromatic heterocycles. The molecule has 0 amide bonds. The second-order valence-corrected chi connectivity index (χ2v) is 8.04. The van der Waals surface area contributed by atoms with Crippen molar-refractivity contribution in [1.29, 1.82) is 0 Å². The number of carboxylic acids is 1.